The van der Waals surface area contributed by atoms with Crippen molar-refractivity contribution in [3.05, 3.63) is 78.6 Å². The molecule has 0 fully saturated rings. The maximum absolute atomic E-state index is 12.9. The lowest BCUT2D eigenvalue weighted by atomic mass is 10.0. The van der Waals surface area contributed by atoms with E-state index in [4.69, 9.17) is 9.47 Å². The Morgan fingerprint density at radius 2 is 1.71 bits per heavy atom. The van der Waals surface area contributed by atoms with Crippen LogP contribution in [0.2, 0.25) is 0 Å². The molecule has 1 N–H and O–H groups in total. The number of hydrogen-bond donors (Lipinski definition) is 1. The van der Waals surface area contributed by atoms with Crippen LogP contribution in [0.1, 0.15) is 45.0 Å². The summed E-state index contributed by atoms with van der Waals surface area (Å²) in [6.07, 6.45) is 2.94. The van der Waals surface area contributed by atoms with Crippen molar-refractivity contribution in [2.24, 2.45) is 0 Å². The van der Waals surface area contributed by atoms with Gasteiger partial charge in [0, 0.05) is 28.9 Å². The maximum Gasteiger partial charge on any atom is 0.418 e. The van der Waals surface area contributed by atoms with Crippen LogP contribution in [0, 0.1) is 0 Å². The molecule has 0 aliphatic rings. The highest BCUT2D eigenvalue weighted by atomic mass is 16.6. The fourth-order valence-corrected chi connectivity index (χ4v) is 3.72. The SMILES string of the molecule is CC(C)Oc1ccc(C(=O)Nc2cccc3c(-c4cccn4C(=O)OC(C)(C)C)ccnc23)cc1. The van der Waals surface area contributed by atoms with Crippen molar-refractivity contribution in [3.63, 3.8) is 0 Å². The molecule has 180 valence electrons. The van der Waals surface area contributed by atoms with Crippen molar-refractivity contribution in [2.75, 3.05) is 5.32 Å². The van der Waals surface area contributed by atoms with E-state index in [0.717, 1.165) is 10.9 Å². The topological polar surface area (TPSA) is 82.5 Å². The lowest BCUT2D eigenvalue weighted by Crippen LogP contribution is -2.27. The van der Waals surface area contributed by atoms with Gasteiger partial charge >= 0.3 is 6.09 Å². The molecule has 0 aliphatic carbocycles. The van der Waals surface area contributed by atoms with E-state index < -0.39 is 11.7 Å². The summed E-state index contributed by atoms with van der Waals surface area (Å²) in [5.74, 6) is 0.457. The molecular weight excluding hydrogens is 442 g/mol. The number of rotatable bonds is 5. The van der Waals surface area contributed by atoms with Crippen molar-refractivity contribution in [1.29, 1.82) is 0 Å². The van der Waals surface area contributed by atoms with Crippen LogP contribution in [0.25, 0.3) is 22.2 Å². The highest BCUT2D eigenvalue weighted by molar-refractivity contribution is 6.10. The molecule has 35 heavy (non-hydrogen) atoms. The van der Waals surface area contributed by atoms with Crippen LogP contribution in [0.4, 0.5) is 10.5 Å². The Hall–Kier alpha value is -4.13. The van der Waals surface area contributed by atoms with Gasteiger partial charge in [-0.05, 0) is 83.1 Å². The van der Waals surface area contributed by atoms with Crippen molar-refractivity contribution in [1.82, 2.24) is 9.55 Å². The molecule has 7 nitrogen and oxygen atoms in total. The summed E-state index contributed by atoms with van der Waals surface area (Å²) in [4.78, 5) is 30.2. The fourth-order valence-electron chi connectivity index (χ4n) is 3.72. The zero-order valence-corrected chi connectivity index (χ0v) is 20.5. The zero-order valence-electron chi connectivity index (χ0n) is 20.5. The van der Waals surface area contributed by atoms with Gasteiger partial charge in [-0.1, -0.05) is 12.1 Å². The van der Waals surface area contributed by atoms with Gasteiger partial charge in [0.15, 0.2) is 0 Å². The second-order valence-electron chi connectivity index (χ2n) is 9.45. The van der Waals surface area contributed by atoms with Crippen molar-refractivity contribution >= 4 is 28.6 Å². The van der Waals surface area contributed by atoms with Gasteiger partial charge in [0.05, 0.1) is 23.0 Å². The summed E-state index contributed by atoms with van der Waals surface area (Å²) < 4.78 is 12.7. The molecule has 0 bridgehead atoms. The average Bonchev–Trinajstić information content (AvgIpc) is 3.28. The van der Waals surface area contributed by atoms with E-state index in [0.29, 0.717) is 28.2 Å². The third-order valence-electron chi connectivity index (χ3n) is 5.12. The monoisotopic (exact) mass is 471 g/mol. The molecule has 0 saturated carbocycles. The first kappa shape index (κ1) is 24.0. The highest BCUT2D eigenvalue weighted by Gasteiger charge is 2.21. The van der Waals surface area contributed by atoms with Gasteiger partial charge in [-0.25, -0.2) is 4.79 Å². The van der Waals surface area contributed by atoms with Crippen LogP contribution in [-0.4, -0.2) is 33.3 Å². The summed E-state index contributed by atoms with van der Waals surface area (Å²) in [7, 11) is 0. The van der Waals surface area contributed by atoms with Gasteiger partial charge in [-0.3, -0.25) is 14.3 Å². The Morgan fingerprint density at radius 1 is 0.971 bits per heavy atom. The quantitative estimate of drug-likeness (QED) is 0.358. The van der Waals surface area contributed by atoms with E-state index in [1.54, 1.807) is 48.8 Å². The van der Waals surface area contributed by atoms with Crippen LogP contribution >= 0.6 is 0 Å². The lowest BCUT2D eigenvalue weighted by molar-refractivity contribution is 0.0540. The minimum Gasteiger partial charge on any atom is -0.491 e. The number of nitrogens with zero attached hydrogens (tertiary/aromatic N) is 2. The second kappa shape index (κ2) is 9.62. The fraction of sp³-hybridized carbons (Fsp3) is 0.250. The van der Waals surface area contributed by atoms with Crippen LogP contribution in [-0.2, 0) is 4.74 Å². The zero-order chi connectivity index (χ0) is 25.2. The number of ether oxygens (including phenoxy) is 2. The molecule has 0 spiro atoms. The van der Waals surface area contributed by atoms with Crippen LogP contribution in [0.3, 0.4) is 0 Å². The number of fused-ring (bicyclic) bond motifs is 1. The first-order valence-electron chi connectivity index (χ1n) is 11.5. The lowest BCUT2D eigenvalue weighted by Gasteiger charge is -2.20. The summed E-state index contributed by atoms with van der Waals surface area (Å²) in [5, 5.41) is 3.76. The molecule has 0 unspecified atom stereocenters. The normalized spacial score (nSPS) is 11.5. The number of aromatic nitrogens is 2. The summed E-state index contributed by atoms with van der Waals surface area (Å²) in [6.45, 7) is 9.39. The van der Waals surface area contributed by atoms with Gasteiger partial charge < -0.3 is 14.8 Å². The van der Waals surface area contributed by atoms with E-state index in [1.165, 1.54) is 4.57 Å². The third-order valence-corrected chi connectivity index (χ3v) is 5.12. The molecule has 0 radical (unpaired) electrons. The molecule has 7 heteroatoms. The summed E-state index contributed by atoms with van der Waals surface area (Å²) in [6, 6.07) is 18.1. The molecule has 2 aromatic carbocycles. The predicted molar refractivity (Wildman–Crippen MR) is 137 cm³/mol. The second-order valence-corrected chi connectivity index (χ2v) is 9.45. The largest absolute Gasteiger partial charge is 0.491 e. The van der Waals surface area contributed by atoms with E-state index in [9.17, 15) is 9.59 Å². The Balaban J connectivity index is 1.65. The van der Waals surface area contributed by atoms with Crippen LogP contribution in [0.5, 0.6) is 5.75 Å². The number of pyridine rings is 1. The Labute approximate surface area is 204 Å². The van der Waals surface area contributed by atoms with Crippen LogP contribution < -0.4 is 10.1 Å². The van der Waals surface area contributed by atoms with E-state index >= 15 is 0 Å². The molecule has 4 rings (SSSR count). The van der Waals surface area contributed by atoms with Crippen LogP contribution in [0.15, 0.2) is 73.1 Å². The van der Waals surface area contributed by atoms with Gasteiger partial charge in [0.2, 0.25) is 0 Å². The number of carbonyl (C=O) groups excluding carboxylic acids is 2. The molecule has 0 aliphatic heterocycles. The molecule has 0 saturated heterocycles. The van der Waals surface area contributed by atoms with E-state index in [1.807, 2.05) is 58.9 Å². The maximum atomic E-state index is 12.9. The molecule has 2 aromatic heterocycles. The van der Waals surface area contributed by atoms with Gasteiger partial charge in [0.25, 0.3) is 5.91 Å². The number of anilines is 1. The van der Waals surface area contributed by atoms with E-state index in [-0.39, 0.29) is 12.0 Å². The first-order chi connectivity index (χ1) is 16.6. The first-order valence-corrected chi connectivity index (χ1v) is 11.5. The smallest absolute Gasteiger partial charge is 0.418 e. The standard InChI is InChI=1S/C28H29N3O4/c1-18(2)34-20-13-11-19(12-14-20)26(32)30-23-9-6-8-22-21(15-16-29-25(22)23)24-10-7-17-31(24)27(33)35-28(3,4)5/h6-18H,1-5H3,(H,30,32). The number of hydrogen-bond acceptors (Lipinski definition) is 5. The van der Waals surface area contributed by atoms with Gasteiger partial charge in [0.1, 0.15) is 11.4 Å². The minimum absolute atomic E-state index is 0.0575. The Kier molecular flexibility index (Phi) is 6.60. The van der Waals surface area contributed by atoms with Crippen molar-refractivity contribution < 1.29 is 19.1 Å². The summed E-state index contributed by atoms with van der Waals surface area (Å²) >= 11 is 0. The highest BCUT2D eigenvalue weighted by Crippen LogP contribution is 2.32. The number of carbonyl (C=O) groups is 2. The van der Waals surface area contributed by atoms with Crippen molar-refractivity contribution in [2.45, 2.75) is 46.3 Å². The summed E-state index contributed by atoms with van der Waals surface area (Å²) in [5.41, 5.74) is 2.57. The van der Waals surface area contributed by atoms with Gasteiger partial charge in [-0.2, -0.15) is 0 Å². The Morgan fingerprint density at radius 3 is 2.40 bits per heavy atom. The van der Waals surface area contributed by atoms with Crippen molar-refractivity contribution in [3.8, 4) is 17.0 Å². The molecule has 2 heterocycles. The number of amides is 1. The number of nitrogens with one attached hydrogen (secondary N) is 1. The number of para-hydroxylation sites is 1. The van der Waals surface area contributed by atoms with E-state index in [2.05, 4.69) is 10.3 Å². The molecular formula is C28H29N3O4. The van der Waals surface area contributed by atoms with Gasteiger partial charge in [-0.15, -0.1) is 0 Å². The molecule has 4 aromatic rings. The minimum atomic E-state index is -0.616. The average molecular weight is 472 g/mol. The molecule has 1 amide bonds. The Bertz CT molecular complexity index is 1370. The third kappa shape index (κ3) is 5.51. The predicted octanol–water partition coefficient (Wildman–Crippen LogP) is 6.53. The molecule has 0 atom stereocenters. The number of benzene rings is 2.